The van der Waals surface area contributed by atoms with Crippen LogP contribution in [0.25, 0.3) is 0 Å². The third kappa shape index (κ3) is 2.27. The van der Waals surface area contributed by atoms with Crippen LogP contribution in [0.3, 0.4) is 0 Å². The Morgan fingerprint density at radius 3 is 1.05 bits per heavy atom. The summed E-state index contributed by atoms with van der Waals surface area (Å²) in [7, 11) is 5.50. The quantitative estimate of drug-likeness (QED) is 0.536. The van der Waals surface area contributed by atoms with Crippen molar-refractivity contribution in [3.05, 3.63) is 51.5 Å². The van der Waals surface area contributed by atoms with Gasteiger partial charge in [0.2, 0.25) is 7.12 Å². The fraction of sp³-hybridized carbons (Fsp3) is 0.250. The highest BCUT2D eigenvalue weighted by Gasteiger charge is 2.11. The first-order valence-electron chi connectivity index (χ1n) is 6.62. The van der Waals surface area contributed by atoms with Gasteiger partial charge in [-0.3, -0.25) is 0 Å². The second-order valence-electron chi connectivity index (χ2n) is 5.14. The lowest BCUT2D eigenvalue weighted by Crippen LogP contribution is -2.41. The number of nitrogens with zero attached hydrogens (tertiary/aromatic N) is 6. The van der Waals surface area contributed by atoms with E-state index in [9.17, 15) is 0 Å². The lowest BCUT2D eigenvalue weighted by molar-refractivity contribution is 0.819. The number of rotatable bonds is 3. The second kappa shape index (κ2) is 5.52. The summed E-state index contributed by atoms with van der Waals surface area (Å²) >= 11 is 16.6. The van der Waals surface area contributed by atoms with Crippen LogP contribution in [0.15, 0.2) is 37.2 Å². The zero-order valence-electron chi connectivity index (χ0n) is 12.4. The lowest BCUT2D eigenvalue weighted by Gasteiger charge is -2.33. The monoisotopic (exact) mass is 350 g/mol. The van der Waals surface area contributed by atoms with Crippen LogP contribution < -0.4 is 0 Å². The summed E-state index contributed by atoms with van der Waals surface area (Å²) in [5.74, 6) is 0. The molecule has 3 heterocycles. The Kier molecular flexibility index (Phi) is 3.83. The molecule has 10 heteroatoms. The predicted octanol–water partition coefficient (Wildman–Crippen LogP) is 2.22. The minimum absolute atomic E-state index is 0.268. The average Bonchev–Trinajstić information content (AvgIpc) is 3.10. The van der Waals surface area contributed by atoms with E-state index < -0.39 is 0 Å². The second-order valence-corrected chi connectivity index (χ2v) is 6.24. The molecule has 0 atom stereocenters. The molecule has 0 spiro atoms. The van der Waals surface area contributed by atoms with Crippen LogP contribution in [0.4, 0.5) is 0 Å². The van der Waals surface area contributed by atoms with Crippen molar-refractivity contribution in [1.29, 1.82) is 0 Å². The van der Waals surface area contributed by atoms with E-state index in [4.69, 9.17) is 36.7 Å². The Morgan fingerprint density at radius 2 is 0.864 bits per heavy atom. The van der Waals surface area contributed by atoms with Crippen molar-refractivity contribution < 1.29 is 0 Å². The van der Waals surface area contributed by atoms with Gasteiger partial charge in [0.15, 0.2) is 0 Å². The fourth-order valence-electron chi connectivity index (χ4n) is 2.37. The smallest absolute Gasteiger partial charge is 0.209 e. The van der Waals surface area contributed by atoms with Gasteiger partial charge in [-0.2, -0.15) is 0 Å². The number of aryl methyl sites for hydroxylation is 3. The number of aromatic nitrogens is 6. The average molecular weight is 350 g/mol. The molecule has 0 fully saturated rings. The molecule has 1 radical (unpaired) electrons. The molecule has 3 aromatic heterocycles. The SMILES string of the molecule is Cn1ccn([B-](n2ccn(C)c2=S)n2ccn(C)c2=S)c1=S. The molecule has 0 aliphatic heterocycles. The molecule has 0 saturated carbocycles. The molecule has 0 amide bonds. The maximum absolute atomic E-state index is 5.52. The zero-order valence-corrected chi connectivity index (χ0v) is 14.9. The molecule has 0 aromatic carbocycles. The Balaban J connectivity index is 2.33. The highest BCUT2D eigenvalue weighted by molar-refractivity contribution is 7.71. The van der Waals surface area contributed by atoms with Crippen LogP contribution in [-0.2, 0) is 21.1 Å². The topological polar surface area (TPSA) is 29.6 Å². The van der Waals surface area contributed by atoms with E-state index in [1.165, 1.54) is 0 Å². The Morgan fingerprint density at radius 1 is 0.591 bits per heavy atom. The van der Waals surface area contributed by atoms with Crippen molar-refractivity contribution in [2.75, 3.05) is 0 Å². The van der Waals surface area contributed by atoms with E-state index in [0.717, 1.165) is 0 Å². The lowest BCUT2D eigenvalue weighted by atomic mass is 9.92. The normalized spacial score (nSPS) is 11.5. The standard InChI is InChI=1S/C12H15BN6S3/c1-14-4-7-17(10(14)20)13(18-8-5-15(2)11(18)21)19-9-6-16(3)12(19)22/h4-9H,1-3H3/q-1. The van der Waals surface area contributed by atoms with E-state index in [1.54, 1.807) is 0 Å². The molecule has 6 nitrogen and oxygen atoms in total. The summed E-state index contributed by atoms with van der Waals surface area (Å²) < 4.78 is 13.7. The molecule has 22 heavy (non-hydrogen) atoms. The van der Waals surface area contributed by atoms with Crippen LogP contribution >= 0.6 is 36.7 Å². The molecule has 0 saturated heterocycles. The Labute approximate surface area is 143 Å². The molecular weight excluding hydrogens is 335 g/mol. The summed E-state index contributed by atoms with van der Waals surface area (Å²) in [6, 6.07) is 0. The summed E-state index contributed by atoms with van der Waals surface area (Å²) in [5, 5.41) is 0. The minimum atomic E-state index is -0.268. The maximum Gasteiger partial charge on any atom is 0.209 e. The molecular formula is C12H15BN6S3-. The highest BCUT2D eigenvalue weighted by Crippen LogP contribution is 2.08. The van der Waals surface area contributed by atoms with Gasteiger partial charge in [-0.1, -0.05) is 0 Å². The molecule has 3 aromatic rings. The van der Waals surface area contributed by atoms with E-state index >= 15 is 0 Å². The van der Waals surface area contributed by atoms with Gasteiger partial charge >= 0.3 is 0 Å². The van der Waals surface area contributed by atoms with E-state index in [-0.39, 0.29) is 7.12 Å². The zero-order chi connectivity index (χ0) is 16.0. The maximum atomic E-state index is 5.52. The van der Waals surface area contributed by atoms with Gasteiger partial charge in [-0.15, -0.1) is 0 Å². The molecule has 0 aliphatic rings. The van der Waals surface area contributed by atoms with Crippen LogP contribution in [-0.4, -0.2) is 34.3 Å². The van der Waals surface area contributed by atoms with Gasteiger partial charge < -0.3 is 27.1 Å². The summed E-state index contributed by atoms with van der Waals surface area (Å²) in [6.45, 7) is 0. The van der Waals surface area contributed by atoms with E-state index in [2.05, 4.69) is 0 Å². The van der Waals surface area contributed by atoms with Crippen molar-refractivity contribution >= 4 is 43.8 Å². The first-order valence-corrected chi connectivity index (χ1v) is 7.84. The van der Waals surface area contributed by atoms with Crippen LogP contribution in [0.1, 0.15) is 0 Å². The van der Waals surface area contributed by atoms with Gasteiger partial charge in [-0.05, 0) is 55.2 Å². The third-order valence-corrected chi connectivity index (χ3v) is 5.16. The van der Waals surface area contributed by atoms with Crippen molar-refractivity contribution in [2.45, 2.75) is 0 Å². The van der Waals surface area contributed by atoms with Crippen LogP contribution in [0.5, 0.6) is 0 Å². The largest absolute Gasteiger partial charge is 0.484 e. The first-order chi connectivity index (χ1) is 10.4. The summed E-state index contributed by atoms with van der Waals surface area (Å²) in [4.78, 5) is 0. The van der Waals surface area contributed by atoms with Crippen LogP contribution in [0.2, 0.25) is 0 Å². The van der Waals surface area contributed by atoms with Gasteiger partial charge in [0, 0.05) is 39.7 Å². The summed E-state index contributed by atoms with van der Waals surface area (Å²) in [5.41, 5.74) is 0. The number of hydrogen-bond acceptors (Lipinski definition) is 3. The molecule has 0 aliphatic carbocycles. The predicted molar refractivity (Wildman–Crippen MR) is 94.7 cm³/mol. The fourth-order valence-corrected chi connectivity index (χ4v) is 3.02. The van der Waals surface area contributed by atoms with Gasteiger partial charge in [0.25, 0.3) is 0 Å². The third-order valence-electron chi connectivity index (χ3n) is 3.67. The molecule has 0 unspecified atom stereocenters. The highest BCUT2D eigenvalue weighted by atomic mass is 32.1. The molecule has 0 N–H and O–H groups in total. The van der Waals surface area contributed by atoms with Gasteiger partial charge in [0.1, 0.15) is 14.3 Å². The minimum Gasteiger partial charge on any atom is -0.484 e. The van der Waals surface area contributed by atoms with Gasteiger partial charge in [0.05, 0.1) is 0 Å². The molecule has 3 rings (SSSR count). The molecule has 0 bridgehead atoms. The number of hydrogen-bond donors (Lipinski definition) is 0. The van der Waals surface area contributed by atoms with E-state index in [1.807, 2.05) is 85.5 Å². The van der Waals surface area contributed by atoms with Crippen LogP contribution in [0, 0.1) is 14.3 Å². The van der Waals surface area contributed by atoms with E-state index in [0.29, 0.717) is 14.3 Å². The van der Waals surface area contributed by atoms with Crippen molar-refractivity contribution in [2.24, 2.45) is 21.1 Å². The van der Waals surface area contributed by atoms with Crippen molar-refractivity contribution in [1.82, 2.24) is 27.1 Å². The summed E-state index contributed by atoms with van der Waals surface area (Å²) in [6.07, 6.45) is 11.6. The Bertz CT molecular complexity index is 868. The number of imidazole rings is 3. The van der Waals surface area contributed by atoms with Gasteiger partial charge in [-0.25, -0.2) is 0 Å². The van der Waals surface area contributed by atoms with Crippen molar-refractivity contribution in [3.63, 3.8) is 0 Å². The Hall–Kier alpha value is -1.65. The first kappa shape index (κ1) is 15.3. The molecule has 115 valence electrons. The van der Waals surface area contributed by atoms with Crippen molar-refractivity contribution in [3.8, 4) is 0 Å².